The van der Waals surface area contributed by atoms with Gasteiger partial charge in [-0.1, -0.05) is 6.07 Å². The molecule has 7 heteroatoms. The number of hydrogen-bond donors (Lipinski definition) is 3. The fourth-order valence-electron chi connectivity index (χ4n) is 3.17. The average Bonchev–Trinajstić information content (AvgIpc) is 3.13. The molecule has 2 aromatic carbocycles. The van der Waals surface area contributed by atoms with Crippen molar-refractivity contribution < 1.29 is 4.74 Å². The molecule has 2 heterocycles. The Kier molecular flexibility index (Phi) is 4.33. The van der Waals surface area contributed by atoms with Gasteiger partial charge in [-0.2, -0.15) is 0 Å². The molecule has 0 spiro atoms. The maximum absolute atomic E-state index is 7.43. The molecule has 0 atom stereocenters. The van der Waals surface area contributed by atoms with E-state index in [-0.39, 0.29) is 0 Å². The Hall–Kier alpha value is -3.61. The maximum Gasteiger partial charge on any atom is 0.135 e. The highest BCUT2D eigenvalue weighted by molar-refractivity contribution is 5.87. The molecule has 0 bridgehead atoms. The van der Waals surface area contributed by atoms with Crippen molar-refractivity contribution in [3.8, 4) is 5.75 Å². The number of nitrogens with zero attached hydrogens (tertiary/aromatic N) is 3. The Labute approximate surface area is 157 Å². The van der Waals surface area contributed by atoms with Crippen LogP contribution in [0.5, 0.6) is 5.75 Å². The van der Waals surface area contributed by atoms with Crippen LogP contribution in [0.2, 0.25) is 0 Å². The highest BCUT2D eigenvalue weighted by Gasteiger charge is 2.21. The van der Waals surface area contributed by atoms with Gasteiger partial charge in [0.15, 0.2) is 0 Å². The number of aromatic nitrogens is 2. The van der Waals surface area contributed by atoms with Crippen molar-refractivity contribution >= 4 is 29.2 Å². The number of nitrogen functional groups attached to an aromatic ring is 1. The van der Waals surface area contributed by atoms with E-state index in [0.29, 0.717) is 17.1 Å². The normalized spacial score (nSPS) is 12.6. The summed E-state index contributed by atoms with van der Waals surface area (Å²) in [7, 11) is 1.68. The third kappa shape index (κ3) is 3.39. The second kappa shape index (κ2) is 6.95. The van der Waals surface area contributed by atoms with Crippen molar-refractivity contribution in [2.24, 2.45) is 0 Å². The third-order valence-electron chi connectivity index (χ3n) is 4.63. The SMILES string of the molecule is COc1ccc2c(c1)CN(c1cc(Nc3ccc(N)c(C=N)c3)ncn1)C2. The third-order valence-corrected chi connectivity index (χ3v) is 4.63. The summed E-state index contributed by atoms with van der Waals surface area (Å²) in [4.78, 5) is 10.9. The summed E-state index contributed by atoms with van der Waals surface area (Å²) < 4.78 is 5.31. The first-order valence-electron chi connectivity index (χ1n) is 8.56. The molecule has 4 rings (SSSR count). The molecule has 0 saturated carbocycles. The summed E-state index contributed by atoms with van der Waals surface area (Å²) in [5.41, 5.74) is 10.4. The Morgan fingerprint density at radius 2 is 1.96 bits per heavy atom. The van der Waals surface area contributed by atoms with Gasteiger partial charge < -0.3 is 26.1 Å². The van der Waals surface area contributed by atoms with Gasteiger partial charge in [0.25, 0.3) is 0 Å². The monoisotopic (exact) mass is 360 g/mol. The zero-order valence-electron chi connectivity index (χ0n) is 14.9. The Morgan fingerprint density at radius 1 is 1.11 bits per heavy atom. The summed E-state index contributed by atoms with van der Waals surface area (Å²) in [5.74, 6) is 2.41. The summed E-state index contributed by atoms with van der Waals surface area (Å²) in [6.45, 7) is 1.58. The summed E-state index contributed by atoms with van der Waals surface area (Å²) in [5, 5.41) is 10.7. The number of anilines is 4. The second-order valence-electron chi connectivity index (χ2n) is 6.37. The van der Waals surface area contributed by atoms with Crippen LogP contribution >= 0.6 is 0 Å². The smallest absolute Gasteiger partial charge is 0.135 e. The minimum atomic E-state index is 0.573. The fraction of sp³-hybridized carbons (Fsp3) is 0.150. The van der Waals surface area contributed by atoms with Crippen molar-refractivity contribution in [1.82, 2.24) is 9.97 Å². The van der Waals surface area contributed by atoms with E-state index in [1.165, 1.54) is 17.3 Å². The molecule has 0 aliphatic carbocycles. The first kappa shape index (κ1) is 16.8. The van der Waals surface area contributed by atoms with Crippen LogP contribution in [0.1, 0.15) is 16.7 Å². The lowest BCUT2D eigenvalue weighted by atomic mass is 10.1. The maximum atomic E-state index is 7.43. The standard InChI is InChI=1S/C20H20N6O/c1-27-17-4-2-13-10-26(11-15(13)7-17)20-8-19(23-12-24-20)25-16-3-5-18(22)14(6-16)9-21/h2-9,12,21H,10-11,22H2,1H3,(H,23,24,25). The van der Waals surface area contributed by atoms with Crippen LogP contribution in [-0.4, -0.2) is 23.3 Å². The van der Waals surface area contributed by atoms with Crippen LogP contribution in [0.25, 0.3) is 0 Å². The van der Waals surface area contributed by atoms with Gasteiger partial charge in [0, 0.05) is 42.3 Å². The molecule has 3 aromatic rings. The van der Waals surface area contributed by atoms with Crippen LogP contribution in [0, 0.1) is 5.41 Å². The molecule has 0 radical (unpaired) electrons. The molecule has 0 amide bonds. The van der Waals surface area contributed by atoms with E-state index >= 15 is 0 Å². The Morgan fingerprint density at radius 3 is 2.78 bits per heavy atom. The number of benzene rings is 2. The zero-order valence-corrected chi connectivity index (χ0v) is 14.9. The molecule has 136 valence electrons. The van der Waals surface area contributed by atoms with E-state index < -0.39 is 0 Å². The average molecular weight is 360 g/mol. The van der Waals surface area contributed by atoms with Crippen LogP contribution in [0.3, 0.4) is 0 Å². The number of fused-ring (bicyclic) bond motifs is 1. The van der Waals surface area contributed by atoms with E-state index in [2.05, 4.69) is 32.3 Å². The predicted octanol–water partition coefficient (Wildman–Crippen LogP) is 3.33. The molecular formula is C20H20N6O. The van der Waals surface area contributed by atoms with Crippen LogP contribution in [0.15, 0.2) is 48.8 Å². The molecule has 27 heavy (non-hydrogen) atoms. The summed E-state index contributed by atoms with van der Waals surface area (Å²) in [6, 6.07) is 13.5. The van der Waals surface area contributed by atoms with E-state index in [0.717, 1.165) is 30.3 Å². The van der Waals surface area contributed by atoms with Crippen LogP contribution in [0.4, 0.5) is 23.0 Å². The largest absolute Gasteiger partial charge is 0.497 e. The van der Waals surface area contributed by atoms with Gasteiger partial charge in [-0.15, -0.1) is 0 Å². The number of ether oxygens (including phenoxy) is 1. The minimum Gasteiger partial charge on any atom is -0.497 e. The molecule has 1 aliphatic rings. The quantitative estimate of drug-likeness (QED) is 0.477. The number of nitrogens with two attached hydrogens (primary N) is 1. The first-order chi connectivity index (χ1) is 13.2. The number of nitrogens with one attached hydrogen (secondary N) is 2. The zero-order chi connectivity index (χ0) is 18.8. The second-order valence-corrected chi connectivity index (χ2v) is 6.37. The van der Waals surface area contributed by atoms with Gasteiger partial charge >= 0.3 is 0 Å². The van der Waals surface area contributed by atoms with Gasteiger partial charge in [0.1, 0.15) is 23.7 Å². The van der Waals surface area contributed by atoms with Crippen LogP contribution < -0.4 is 20.7 Å². The van der Waals surface area contributed by atoms with Crippen LogP contribution in [-0.2, 0) is 13.1 Å². The number of rotatable bonds is 5. The van der Waals surface area contributed by atoms with Gasteiger partial charge in [0.05, 0.1) is 7.11 Å². The van der Waals surface area contributed by atoms with Gasteiger partial charge in [-0.3, -0.25) is 0 Å². The molecule has 0 unspecified atom stereocenters. The van der Waals surface area contributed by atoms with Crippen molar-refractivity contribution in [1.29, 1.82) is 5.41 Å². The van der Waals surface area contributed by atoms with E-state index in [4.69, 9.17) is 15.9 Å². The molecule has 4 N–H and O–H groups in total. The predicted molar refractivity (Wildman–Crippen MR) is 107 cm³/mol. The lowest BCUT2D eigenvalue weighted by Gasteiger charge is -2.17. The van der Waals surface area contributed by atoms with Gasteiger partial charge in [0.2, 0.25) is 0 Å². The molecule has 7 nitrogen and oxygen atoms in total. The van der Waals surface area contributed by atoms with E-state index in [9.17, 15) is 0 Å². The van der Waals surface area contributed by atoms with Crippen molar-refractivity contribution in [3.63, 3.8) is 0 Å². The Balaban J connectivity index is 1.54. The molecular weight excluding hydrogens is 340 g/mol. The lowest BCUT2D eigenvalue weighted by molar-refractivity contribution is 0.414. The van der Waals surface area contributed by atoms with Crippen molar-refractivity contribution in [2.75, 3.05) is 23.1 Å². The lowest BCUT2D eigenvalue weighted by Crippen LogP contribution is -2.16. The summed E-state index contributed by atoms with van der Waals surface area (Å²) >= 11 is 0. The van der Waals surface area contributed by atoms with E-state index in [1.54, 1.807) is 19.5 Å². The van der Waals surface area contributed by atoms with Crippen molar-refractivity contribution in [2.45, 2.75) is 13.1 Å². The summed E-state index contributed by atoms with van der Waals surface area (Å²) in [6.07, 6.45) is 2.79. The molecule has 1 aromatic heterocycles. The van der Waals surface area contributed by atoms with Crippen molar-refractivity contribution in [3.05, 3.63) is 65.5 Å². The minimum absolute atomic E-state index is 0.573. The first-order valence-corrected chi connectivity index (χ1v) is 8.56. The number of hydrogen-bond acceptors (Lipinski definition) is 7. The highest BCUT2D eigenvalue weighted by Crippen LogP contribution is 2.30. The molecule has 1 aliphatic heterocycles. The molecule has 0 saturated heterocycles. The van der Waals surface area contributed by atoms with Gasteiger partial charge in [-0.25, -0.2) is 9.97 Å². The topological polar surface area (TPSA) is 100 Å². The molecule has 0 fully saturated rings. The van der Waals surface area contributed by atoms with E-state index in [1.807, 2.05) is 24.3 Å². The van der Waals surface area contributed by atoms with Gasteiger partial charge in [-0.05, 0) is 41.5 Å². The number of methoxy groups -OCH3 is 1. The fourth-order valence-corrected chi connectivity index (χ4v) is 3.17. The highest BCUT2D eigenvalue weighted by atomic mass is 16.5. The Bertz CT molecular complexity index is 1000.